The fourth-order valence-corrected chi connectivity index (χ4v) is 3.54. The second kappa shape index (κ2) is 7.16. The van der Waals surface area contributed by atoms with Crippen LogP contribution in [0.3, 0.4) is 0 Å². The Bertz CT molecular complexity index is 993. The summed E-state index contributed by atoms with van der Waals surface area (Å²) in [5, 5.41) is 4.45. The topological polar surface area (TPSA) is 52.5 Å². The van der Waals surface area contributed by atoms with Gasteiger partial charge in [-0.05, 0) is 49.7 Å². The maximum absolute atomic E-state index is 12.8. The van der Waals surface area contributed by atoms with E-state index in [1.54, 1.807) is 6.07 Å². The lowest BCUT2D eigenvalue weighted by molar-refractivity contribution is 0.0940. The van der Waals surface area contributed by atoms with Crippen molar-refractivity contribution in [3.05, 3.63) is 58.7 Å². The molecule has 0 saturated heterocycles. The first-order chi connectivity index (χ1) is 13.0. The zero-order chi connectivity index (χ0) is 19.0. The minimum atomic E-state index is -0.127. The quantitative estimate of drug-likeness (QED) is 0.709. The summed E-state index contributed by atoms with van der Waals surface area (Å²) in [6.45, 7) is 5.59. The Labute approximate surface area is 162 Å². The third-order valence-electron chi connectivity index (χ3n) is 4.52. The van der Waals surface area contributed by atoms with Crippen LogP contribution in [-0.2, 0) is 13.1 Å². The Kier molecular flexibility index (Phi) is 4.70. The van der Waals surface area contributed by atoms with Crippen LogP contribution < -0.4 is 14.8 Å². The van der Waals surface area contributed by atoms with E-state index in [-0.39, 0.29) is 12.0 Å². The number of halogens is 1. The van der Waals surface area contributed by atoms with Crippen molar-refractivity contribution in [2.24, 2.45) is 0 Å². The van der Waals surface area contributed by atoms with E-state index >= 15 is 0 Å². The van der Waals surface area contributed by atoms with E-state index < -0.39 is 0 Å². The number of carbonyl (C=O) groups excluding carboxylic acids is 1. The molecule has 0 bridgehead atoms. The molecule has 3 aromatic rings. The molecular weight excluding hydrogens is 364 g/mol. The third kappa shape index (κ3) is 3.47. The highest BCUT2D eigenvalue weighted by molar-refractivity contribution is 6.36. The Morgan fingerprint density at radius 1 is 1.26 bits per heavy atom. The van der Waals surface area contributed by atoms with Crippen molar-refractivity contribution in [3.63, 3.8) is 0 Å². The smallest absolute Gasteiger partial charge is 0.268 e. The zero-order valence-electron chi connectivity index (χ0n) is 15.3. The van der Waals surface area contributed by atoms with Crippen LogP contribution in [-0.4, -0.2) is 23.2 Å². The highest BCUT2D eigenvalue weighted by Crippen LogP contribution is 2.36. The van der Waals surface area contributed by atoms with E-state index in [0.29, 0.717) is 30.4 Å². The van der Waals surface area contributed by atoms with Gasteiger partial charge in [0.25, 0.3) is 5.91 Å². The summed E-state index contributed by atoms with van der Waals surface area (Å²) >= 11 is 6.31. The number of benzene rings is 2. The summed E-state index contributed by atoms with van der Waals surface area (Å²) in [6, 6.07) is 13.2. The molecule has 0 aliphatic carbocycles. The lowest BCUT2D eigenvalue weighted by Gasteiger charge is -2.19. The number of carbonyl (C=O) groups is 1. The van der Waals surface area contributed by atoms with Crippen molar-refractivity contribution < 1.29 is 14.3 Å². The Morgan fingerprint density at radius 2 is 2.04 bits per heavy atom. The van der Waals surface area contributed by atoms with Crippen LogP contribution in [0.4, 0.5) is 0 Å². The highest BCUT2D eigenvalue weighted by Gasteiger charge is 2.22. The van der Waals surface area contributed by atoms with Crippen LogP contribution in [0.5, 0.6) is 11.5 Å². The van der Waals surface area contributed by atoms with Crippen LogP contribution >= 0.6 is 11.6 Å². The van der Waals surface area contributed by atoms with Crippen LogP contribution in [0.1, 0.15) is 29.9 Å². The molecule has 0 spiro atoms. The molecule has 0 atom stereocenters. The van der Waals surface area contributed by atoms with Gasteiger partial charge in [0.05, 0.1) is 23.2 Å². The molecule has 0 radical (unpaired) electrons. The number of aromatic nitrogens is 1. The van der Waals surface area contributed by atoms with Crippen LogP contribution in [0.2, 0.25) is 5.02 Å². The predicted molar refractivity (Wildman–Crippen MR) is 106 cm³/mol. The summed E-state index contributed by atoms with van der Waals surface area (Å²) in [5.41, 5.74) is 2.49. The van der Waals surface area contributed by atoms with Gasteiger partial charge in [0, 0.05) is 11.9 Å². The SMILES string of the molecule is CC(C)Oc1ccc(CNC(=O)c2cc3c(Cl)ccc4c3n2CCO4)cc1. The zero-order valence-corrected chi connectivity index (χ0v) is 16.0. The monoisotopic (exact) mass is 384 g/mol. The molecule has 5 nitrogen and oxygen atoms in total. The van der Waals surface area contributed by atoms with Crippen molar-refractivity contribution >= 4 is 28.4 Å². The summed E-state index contributed by atoms with van der Waals surface area (Å²) in [5.74, 6) is 1.46. The van der Waals surface area contributed by atoms with Gasteiger partial charge >= 0.3 is 0 Å². The summed E-state index contributed by atoms with van der Waals surface area (Å²) in [7, 11) is 0. The molecule has 1 aliphatic rings. The minimum absolute atomic E-state index is 0.127. The van der Waals surface area contributed by atoms with E-state index in [2.05, 4.69) is 5.32 Å². The lowest BCUT2D eigenvalue weighted by Crippen LogP contribution is -2.27. The van der Waals surface area contributed by atoms with Gasteiger partial charge in [-0.2, -0.15) is 0 Å². The van der Waals surface area contributed by atoms with Crippen molar-refractivity contribution in [1.82, 2.24) is 9.88 Å². The van der Waals surface area contributed by atoms with Gasteiger partial charge in [0.2, 0.25) is 0 Å². The first-order valence-electron chi connectivity index (χ1n) is 9.01. The molecule has 6 heteroatoms. The maximum atomic E-state index is 12.8. The molecule has 140 valence electrons. The third-order valence-corrected chi connectivity index (χ3v) is 4.85. The van der Waals surface area contributed by atoms with Crippen LogP contribution in [0, 0.1) is 0 Å². The molecule has 1 aromatic heterocycles. The van der Waals surface area contributed by atoms with Gasteiger partial charge in [-0.1, -0.05) is 23.7 Å². The first-order valence-corrected chi connectivity index (χ1v) is 9.39. The highest BCUT2D eigenvalue weighted by atomic mass is 35.5. The summed E-state index contributed by atoms with van der Waals surface area (Å²) in [4.78, 5) is 12.8. The fourth-order valence-electron chi connectivity index (χ4n) is 3.33. The van der Waals surface area contributed by atoms with Gasteiger partial charge in [0.1, 0.15) is 23.8 Å². The van der Waals surface area contributed by atoms with Gasteiger partial charge in [0.15, 0.2) is 0 Å². The van der Waals surface area contributed by atoms with Crippen molar-refractivity contribution in [2.75, 3.05) is 6.61 Å². The van der Waals surface area contributed by atoms with Gasteiger partial charge in [-0.25, -0.2) is 0 Å². The molecule has 1 amide bonds. The predicted octanol–water partition coefficient (Wildman–Crippen LogP) is 4.40. The number of rotatable bonds is 5. The molecule has 27 heavy (non-hydrogen) atoms. The second-order valence-corrected chi connectivity index (χ2v) is 7.24. The fraction of sp³-hybridized carbons (Fsp3) is 0.286. The van der Waals surface area contributed by atoms with Crippen molar-refractivity contribution in [3.8, 4) is 11.5 Å². The van der Waals surface area contributed by atoms with Gasteiger partial charge in [-0.15, -0.1) is 0 Å². The summed E-state index contributed by atoms with van der Waals surface area (Å²) in [6.07, 6.45) is 0.136. The Morgan fingerprint density at radius 3 is 2.78 bits per heavy atom. The average Bonchev–Trinajstić information content (AvgIpc) is 3.05. The van der Waals surface area contributed by atoms with Crippen LogP contribution in [0.15, 0.2) is 42.5 Å². The van der Waals surface area contributed by atoms with E-state index in [4.69, 9.17) is 21.1 Å². The molecular formula is C21H21ClN2O3. The van der Waals surface area contributed by atoms with E-state index in [1.807, 2.05) is 54.8 Å². The standard InChI is InChI=1S/C21H21ClN2O3/c1-13(2)27-15-5-3-14(4-6-15)12-23-21(25)18-11-16-17(22)7-8-19-20(16)24(18)9-10-26-19/h3-8,11,13H,9-10,12H2,1-2H3,(H,23,25). The maximum Gasteiger partial charge on any atom is 0.268 e. The number of ether oxygens (including phenoxy) is 2. The number of hydrogen-bond donors (Lipinski definition) is 1. The molecule has 2 heterocycles. The van der Waals surface area contributed by atoms with Gasteiger partial charge in [-0.3, -0.25) is 4.79 Å². The van der Waals surface area contributed by atoms with Crippen LogP contribution in [0.25, 0.3) is 10.9 Å². The van der Waals surface area contributed by atoms with Crippen molar-refractivity contribution in [1.29, 1.82) is 0 Å². The number of nitrogens with zero attached hydrogens (tertiary/aromatic N) is 1. The number of amides is 1. The van der Waals surface area contributed by atoms with E-state index in [9.17, 15) is 4.79 Å². The largest absolute Gasteiger partial charge is 0.491 e. The lowest BCUT2D eigenvalue weighted by atomic mass is 10.2. The van der Waals surface area contributed by atoms with E-state index in [1.165, 1.54) is 0 Å². The Balaban J connectivity index is 1.52. The molecule has 2 aromatic carbocycles. The Hall–Kier alpha value is -2.66. The summed E-state index contributed by atoms with van der Waals surface area (Å²) < 4.78 is 13.3. The molecule has 4 rings (SSSR count). The average molecular weight is 385 g/mol. The second-order valence-electron chi connectivity index (χ2n) is 6.83. The molecule has 0 unspecified atom stereocenters. The number of hydrogen-bond acceptors (Lipinski definition) is 3. The first kappa shape index (κ1) is 17.7. The normalized spacial score (nSPS) is 12.9. The molecule has 1 N–H and O–H groups in total. The number of nitrogens with one attached hydrogen (secondary N) is 1. The molecule has 0 fully saturated rings. The van der Waals surface area contributed by atoms with E-state index in [0.717, 1.165) is 28.0 Å². The minimum Gasteiger partial charge on any atom is -0.491 e. The van der Waals surface area contributed by atoms with Crippen molar-refractivity contribution in [2.45, 2.75) is 33.0 Å². The molecule has 0 saturated carbocycles. The van der Waals surface area contributed by atoms with Gasteiger partial charge < -0.3 is 19.4 Å². The molecule has 1 aliphatic heterocycles.